The standard InChI is InChI=1S/C10H11N3O2.C10H11NO2/c11-8(14)9-12-4-6-5-15-10(2-1-3-10)7(6)13-9;1-11-8-4-2-3-5-9(8)13-7-6-10(11)12/h4H,1-3,5H2,(H2,11,14);2-5H,6-7H2,1H3. The lowest BCUT2D eigenvalue weighted by Gasteiger charge is -2.36. The molecule has 0 saturated heterocycles. The molecule has 8 nitrogen and oxygen atoms in total. The summed E-state index contributed by atoms with van der Waals surface area (Å²) in [6.45, 7) is 1.02. The Morgan fingerprint density at radius 2 is 2.07 bits per heavy atom. The van der Waals surface area contributed by atoms with Gasteiger partial charge in [0.2, 0.25) is 11.7 Å². The van der Waals surface area contributed by atoms with Gasteiger partial charge in [0, 0.05) is 18.8 Å². The van der Waals surface area contributed by atoms with Gasteiger partial charge in [0.05, 0.1) is 31.0 Å². The zero-order valence-electron chi connectivity index (χ0n) is 15.7. The molecule has 8 heteroatoms. The van der Waals surface area contributed by atoms with E-state index in [0.29, 0.717) is 19.6 Å². The van der Waals surface area contributed by atoms with Crippen LogP contribution in [0.15, 0.2) is 30.5 Å². The molecule has 3 aliphatic rings. The second-order valence-electron chi connectivity index (χ2n) is 7.09. The SMILES string of the molecule is CN1C(=O)CCOc2ccccc21.NC(=O)c1ncc2c(n1)C1(CCC1)OC2. The minimum atomic E-state index is -0.584. The maximum atomic E-state index is 11.4. The van der Waals surface area contributed by atoms with Crippen LogP contribution in [0.5, 0.6) is 5.75 Å². The molecule has 146 valence electrons. The number of ether oxygens (including phenoxy) is 2. The Hall–Kier alpha value is -3.00. The van der Waals surface area contributed by atoms with E-state index in [2.05, 4.69) is 9.97 Å². The van der Waals surface area contributed by atoms with Gasteiger partial charge < -0.3 is 20.1 Å². The van der Waals surface area contributed by atoms with Gasteiger partial charge in [-0.25, -0.2) is 9.97 Å². The van der Waals surface area contributed by atoms with Crippen LogP contribution < -0.4 is 15.4 Å². The Bertz CT molecular complexity index is 926. The molecule has 2 amide bonds. The Balaban J connectivity index is 0.000000139. The summed E-state index contributed by atoms with van der Waals surface area (Å²) in [5.74, 6) is 0.394. The summed E-state index contributed by atoms with van der Waals surface area (Å²) in [7, 11) is 1.77. The molecule has 0 unspecified atom stereocenters. The monoisotopic (exact) mass is 382 g/mol. The van der Waals surface area contributed by atoms with E-state index >= 15 is 0 Å². The molecule has 1 fully saturated rings. The average Bonchev–Trinajstić information content (AvgIpc) is 3.01. The number of anilines is 1. The van der Waals surface area contributed by atoms with Gasteiger partial charge in [0.1, 0.15) is 11.4 Å². The zero-order chi connectivity index (χ0) is 19.7. The molecular formula is C20H22N4O4. The second kappa shape index (κ2) is 7.20. The Morgan fingerprint density at radius 1 is 1.29 bits per heavy atom. The molecule has 3 heterocycles. The van der Waals surface area contributed by atoms with Crippen LogP contribution in [0.25, 0.3) is 0 Å². The van der Waals surface area contributed by atoms with Crippen LogP contribution in [0.3, 0.4) is 0 Å². The summed E-state index contributed by atoms with van der Waals surface area (Å²) in [6.07, 6.45) is 5.21. The summed E-state index contributed by atoms with van der Waals surface area (Å²) in [4.78, 5) is 32.2. The molecule has 5 rings (SSSR count). The van der Waals surface area contributed by atoms with Crippen LogP contribution in [0.2, 0.25) is 0 Å². The predicted molar refractivity (Wildman–Crippen MR) is 101 cm³/mol. The van der Waals surface area contributed by atoms with E-state index in [-0.39, 0.29) is 17.3 Å². The van der Waals surface area contributed by atoms with Crippen molar-refractivity contribution in [3.05, 3.63) is 47.5 Å². The average molecular weight is 382 g/mol. The number of nitrogens with two attached hydrogens (primary N) is 1. The number of rotatable bonds is 1. The van der Waals surface area contributed by atoms with E-state index < -0.39 is 5.91 Å². The number of carbonyl (C=O) groups excluding carboxylic acids is 2. The Kier molecular flexibility index (Phi) is 4.72. The van der Waals surface area contributed by atoms with Crippen LogP contribution >= 0.6 is 0 Å². The molecule has 1 aliphatic carbocycles. The van der Waals surface area contributed by atoms with Crippen molar-refractivity contribution in [2.75, 3.05) is 18.6 Å². The zero-order valence-corrected chi connectivity index (χ0v) is 15.7. The Labute approximate surface area is 162 Å². The van der Waals surface area contributed by atoms with Crippen molar-refractivity contribution < 1.29 is 19.1 Å². The molecule has 0 atom stereocenters. The highest BCUT2D eigenvalue weighted by molar-refractivity contribution is 5.95. The fourth-order valence-corrected chi connectivity index (χ4v) is 3.60. The van der Waals surface area contributed by atoms with Gasteiger partial charge in [0.15, 0.2) is 0 Å². The molecule has 0 radical (unpaired) electrons. The normalized spacial score (nSPS) is 18.8. The predicted octanol–water partition coefficient (Wildman–Crippen LogP) is 1.92. The van der Waals surface area contributed by atoms with Gasteiger partial charge in [-0.05, 0) is 31.4 Å². The summed E-state index contributed by atoms with van der Waals surface area (Å²) in [5, 5.41) is 0. The number of primary amides is 1. The molecule has 1 aromatic heterocycles. The number of hydrogen-bond acceptors (Lipinski definition) is 6. The Morgan fingerprint density at radius 3 is 2.79 bits per heavy atom. The van der Waals surface area contributed by atoms with Crippen molar-refractivity contribution in [2.24, 2.45) is 5.73 Å². The van der Waals surface area contributed by atoms with Crippen LogP contribution in [-0.2, 0) is 21.7 Å². The first-order chi connectivity index (χ1) is 13.5. The third-order valence-electron chi connectivity index (χ3n) is 5.36. The molecular weight excluding hydrogens is 360 g/mol. The first-order valence-corrected chi connectivity index (χ1v) is 9.29. The maximum absolute atomic E-state index is 11.4. The highest BCUT2D eigenvalue weighted by atomic mass is 16.5. The number of benzene rings is 1. The van der Waals surface area contributed by atoms with E-state index in [1.807, 2.05) is 24.3 Å². The number of fused-ring (bicyclic) bond motifs is 3. The van der Waals surface area contributed by atoms with Gasteiger partial charge in [-0.15, -0.1) is 0 Å². The maximum Gasteiger partial charge on any atom is 0.286 e. The van der Waals surface area contributed by atoms with E-state index in [0.717, 1.165) is 42.0 Å². The molecule has 1 aromatic carbocycles. The van der Waals surface area contributed by atoms with Crippen LogP contribution in [0.4, 0.5) is 5.69 Å². The number of nitrogens with zero attached hydrogens (tertiary/aromatic N) is 3. The fourth-order valence-electron chi connectivity index (χ4n) is 3.60. The third kappa shape index (κ3) is 3.20. The van der Waals surface area contributed by atoms with Gasteiger partial charge in [0.25, 0.3) is 5.91 Å². The number of para-hydroxylation sites is 2. The first-order valence-electron chi connectivity index (χ1n) is 9.29. The third-order valence-corrected chi connectivity index (χ3v) is 5.36. The number of hydrogen-bond donors (Lipinski definition) is 1. The van der Waals surface area contributed by atoms with Crippen molar-refractivity contribution in [1.82, 2.24) is 9.97 Å². The van der Waals surface area contributed by atoms with Crippen LogP contribution in [-0.4, -0.2) is 35.4 Å². The van der Waals surface area contributed by atoms with Gasteiger partial charge in [-0.2, -0.15) is 0 Å². The number of carbonyl (C=O) groups is 2. The molecule has 2 aliphatic heterocycles. The van der Waals surface area contributed by atoms with Crippen LogP contribution in [0, 0.1) is 0 Å². The van der Waals surface area contributed by atoms with Crippen molar-refractivity contribution in [3.63, 3.8) is 0 Å². The van der Waals surface area contributed by atoms with E-state index in [4.69, 9.17) is 15.2 Å². The summed E-state index contributed by atoms with van der Waals surface area (Å²) in [5.41, 5.74) is 7.63. The summed E-state index contributed by atoms with van der Waals surface area (Å²) < 4.78 is 11.2. The van der Waals surface area contributed by atoms with E-state index in [1.54, 1.807) is 18.1 Å². The molecule has 2 N–H and O–H groups in total. The lowest BCUT2D eigenvalue weighted by Crippen LogP contribution is -2.34. The largest absolute Gasteiger partial charge is 0.491 e. The minimum Gasteiger partial charge on any atom is -0.491 e. The van der Waals surface area contributed by atoms with Crippen LogP contribution in [0.1, 0.15) is 47.6 Å². The number of amides is 2. The quantitative estimate of drug-likeness (QED) is 0.807. The second-order valence-corrected chi connectivity index (χ2v) is 7.09. The first kappa shape index (κ1) is 18.4. The lowest BCUT2D eigenvalue weighted by atomic mass is 9.77. The molecule has 1 spiro atoms. The van der Waals surface area contributed by atoms with E-state index in [1.165, 1.54) is 0 Å². The van der Waals surface area contributed by atoms with Gasteiger partial charge >= 0.3 is 0 Å². The molecule has 1 saturated carbocycles. The van der Waals surface area contributed by atoms with Crippen molar-refractivity contribution in [3.8, 4) is 5.75 Å². The fraction of sp³-hybridized carbons (Fsp3) is 0.400. The topological polar surface area (TPSA) is 108 Å². The summed E-state index contributed by atoms with van der Waals surface area (Å²) >= 11 is 0. The molecule has 28 heavy (non-hydrogen) atoms. The molecule has 2 aromatic rings. The van der Waals surface area contributed by atoms with Crippen molar-refractivity contribution in [1.29, 1.82) is 0 Å². The minimum absolute atomic E-state index is 0.0884. The highest BCUT2D eigenvalue weighted by Crippen LogP contribution is 2.49. The number of aromatic nitrogens is 2. The van der Waals surface area contributed by atoms with Gasteiger partial charge in [-0.3, -0.25) is 9.59 Å². The smallest absolute Gasteiger partial charge is 0.286 e. The van der Waals surface area contributed by atoms with Crippen molar-refractivity contribution in [2.45, 2.75) is 37.9 Å². The summed E-state index contributed by atoms with van der Waals surface area (Å²) in [6, 6.07) is 7.57. The van der Waals surface area contributed by atoms with E-state index in [9.17, 15) is 9.59 Å². The van der Waals surface area contributed by atoms with Crippen molar-refractivity contribution >= 4 is 17.5 Å². The van der Waals surface area contributed by atoms with Gasteiger partial charge in [-0.1, -0.05) is 12.1 Å². The molecule has 0 bridgehead atoms. The lowest BCUT2D eigenvalue weighted by molar-refractivity contribution is -0.118. The highest BCUT2D eigenvalue weighted by Gasteiger charge is 2.47.